The molecule has 1 aliphatic rings. The van der Waals surface area contributed by atoms with E-state index in [-0.39, 0.29) is 17.3 Å². The summed E-state index contributed by atoms with van der Waals surface area (Å²) >= 11 is 0. The lowest BCUT2D eigenvalue weighted by Crippen LogP contribution is -2.16. The van der Waals surface area contributed by atoms with E-state index in [1.807, 2.05) is 0 Å². The van der Waals surface area contributed by atoms with Crippen LogP contribution in [0.2, 0.25) is 0 Å². The van der Waals surface area contributed by atoms with Gasteiger partial charge in [0.25, 0.3) is 5.92 Å². The maximum atomic E-state index is 13.0. The molecule has 1 aliphatic heterocycles. The SMILES string of the molecule is CC(F)(F)c1cc(N)n(C2CCS(=O)(=O)C2)n1. The molecular formula is C9H13F2N3O2S. The third kappa shape index (κ3) is 2.41. The van der Waals surface area contributed by atoms with Crippen LogP contribution < -0.4 is 5.73 Å². The van der Waals surface area contributed by atoms with E-state index < -0.39 is 27.5 Å². The van der Waals surface area contributed by atoms with E-state index >= 15 is 0 Å². The molecule has 17 heavy (non-hydrogen) atoms. The summed E-state index contributed by atoms with van der Waals surface area (Å²) in [5.74, 6) is -3.04. The minimum Gasteiger partial charge on any atom is -0.384 e. The summed E-state index contributed by atoms with van der Waals surface area (Å²) < 4.78 is 49.9. The quantitative estimate of drug-likeness (QED) is 0.863. The number of nitrogens with two attached hydrogens (primary N) is 1. The van der Waals surface area contributed by atoms with E-state index in [2.05, 4.69) is 5.10 Å². The van der Waals surface area contributed by atoms with Crippen LogP contribution in [0, 0.1) is 0 Å². The van der Waals surface area contributed by atoms with Crippen molar-refractivity contribution in [1.29, 1.82) is 0 Å². The lowest BCUT2D eigenvalue weighted by atomic mass is 10.2. The van der Waals surface area contributed by atoms with Crippen LogP contribution in [0.3, 0.4) is 0 Å². The van der Waals surface area contributed by atoms with E-state index in [0.29, 0.717) is 6.42 Å². The first-order valence-electron chi connectivity index (χ1n) is 5.13. The van der Waals surface area contributed by atoms with Gasteiger partial charge in [0.1, 0.15) is 11.5 Å². The van der Waals surface area contributed by atoms with Crippen molar-refractivity contribution in [2.24, 2.45) is 0 Å². The third-order valence-corrected chi connectivity index (χ3v) is 4.52. The van der Waals surface area contributed by atoms with Gasteiger partial charge in [-0.15, -0.1) is 0 Å². The zero-order valence-corrected chi connectivity index (χ0v) is 10.0. The van der Waals surface area contributed by atoms with Gasteiger partial charge >= 0.3 is 0 Å². The topological polar surface area (TPSA) is 78.0 Å². The Bertz CT molecular complexity index is 533. The van der Waals surface area contributed by atoms with E-state index in [1.54, 1.807) is 0 Å². The minimum atomic E-state index is -3.09. The number of hydrogen-bond acceptors (Lipinski definition) is 4. The molecule has 2 heterocycles. The highest BCUT2D eigenvalue weighted by Gasteiger charge is 2.34. The molecule has 5 nitrogen and oxygen atoms in total. The molecule has 1 atom stereocenters. The summed E-state index contributed by atoms with van der Waals surface area (Å²) in [5.41, 5.74) is 5.15. The zero-order chi connectivity index (χ0) is 12.8. The second-order valence-corrected chi connectivity index (χ2v) is 6.57. The maximum absolute atomic E-state index is 13.0. The Morgan fingerprint density at radius 3 is 2.65 bits per heavy atom. The molecule has 0 radical (unpaired) electrons. The molecule has 1 aromatic heterocycles. The number of aromatic nitrogens is 2. The van der Waals surface area contributed by atoms with Crippen molar-refractivity contribution in [3.05, 3.63) is 11.8 Å². The Kier molecular flexibility index (Phi) is 2.64. The number of sulfone groups is 1. The molecule has 2 rings (SSSR count). The van der Waals surface area contributed by atoms with Crippen LogP contribution in [0.15, 0.2) is 6.07 Å². The number of nitrogens with zero attached hydrogens (tertiary/aromatic N) is 2. The Morgan fingerprint density at radius 1 is 1.59 bits per heavy atom. The second-order valence-electron chi connectivity index (χ2n) is 4.34. The molecule has 0 amide bonds. The molecule has 8 heteroatoms. The minimum absolute atomic E-state index is 0.0504. The molecule has 2 N–H and O–H groups in total. The molecule has 0 bridgehead atoms. The third-order valence-electron chi connectivity index (χ3n) is 2.77. The zero-order valence-electron chi connectivity index (χ0n) is 9.23. The molecule has 1 fully saturated rings. The van der Waals surface area contributed by atoms with Crippen molar-refractivity contribution in [3.8, 4) is 0 Å². The second kappa shape index (κ2) is 3.66. The van der Waals surface area contributed by atoms with Gasteiger partial charge in [-0.3, -0.25) is 0 Å². The van der Waals surface area contributed by atoms with E-state index in [1.165, 1.54) is 4.68 Å². The van der Waals surface area contributed by atoms with Crippen LogP contribution in [-0.4, -0.2) is 29.7 Å². The molecule has 0 saturated carbocycles. The number of alkyl halides is 2. The van der Waals surface area contributed by atoms with Gasteiger partial charge in [-0.1, -0.05) is 0 Å². The van der Waals surface area contributed by atoms with Crippen LogP contribution >= 0.6 is 0 Å². The van der Waals surface area contributed by atoms with Gasteiger partial charge in [0.15, 0.2) is 9.84 Å². The summed E-state index contributed by atoms with van der Waals surface area (Å²) in [7, 11) is -3.09. The molecule has 1 saturated heterocycles. The van der Waals surface area contributed by atoms with Crippen molar-refractivity contribution >= 4 is 15.7 Å². The highest BCUT2D eigenvalue weighted by molar-refractivity contribution is 7.91. The van der Waals surface area contributed by atoms with Crippen molar-refractivity contribution in [2.75, 3.05) is 17.2 Å². The first-order chi connectivity index (χ1) is 7.69. The van der Waals surface area contributed by atoms with Gasteiger partial charge in [-0.05, 0) is 6.42 Å². The monoisotopic (exact) mass is 265 g/mol. The summed E-state index contributed by atoms with van der Waals surface area (Å²) in [6, 6.07) is 0.654. The number of anilines is 1. The Balaban J connectivity index is 2.32. The fourth-order valence-corrected chi connectivity index (χ4v) is 3.58. The molecule has 0 aromatic carbocycles. The van der Waals surface area contributed by atoms with Crippen molar-refractivity contribution < 1.29 is 17.2 Å². The standard InChI is InChI=1S/C9H13F2N3O2S/c1-9(10,11)7-4-8(12)14(13-7)6-2-3-17(15,16)5-6/h4,6H,2-3,5,12H2,1H3. The van der Waals surface area contributed by atoms with Crippen molar-refractivity contribution in [2.45, 2.75) is 25.3 Å². The van der Waals surface area contributed by atoms with E-state index in [9.17, 15) is 17.2 Å². The Morgan fingerprint density at radius 2 is 2.24 bits per heavy atom. The summed E-state index contributed by atoms with van der Waals surface area (Å²) in [6.45, 7) is 0.727. The van der Waals surface area contributed by atoms with Crippen LogP contribution in [0.25, 0.3) is 0 Å². The summed E-state index contributed by atoms with van der Waals surface area (Å²) in [5, 5.41) is 3.71. The molecule has 0 aliphatic carbocycles. The van der Waals surface area contributed by atoms with Crippen molar-refractivity contribution in [3.63, 3.8) is 0 Å². The van der Waals surface area contributed by atoms with E-state index in [4.69, 9.17) is 5.73 Å². The van der Waals surface area contributed by atoms with E-state index in [0.717, 1.165) is 13.0 Å². The van der Waals surface area contributed by atoms with Gasteiger partial charge in [-0.25, -0.2) is 13.1 Å². The van der Waals surface area contributed by atoms with Gasteiger partial charge < -0.3 is 5.73 Å². The van der Waals surface area contributed by atoms with Crippen LogP contribution in [0.4, 0.5) is 14.6 Å². The van der Waals surface area contributed by atoms with Crippen LogP contribution in [-0.2, 0) is 15.8 Å². The first-order valence-corrected chi connectivity index (χ1v) is 6.95. The maximum Gasteiger partial charge on any atom is 0.288 e. The summed E-state index contributed by atoms with van der Waals surface area (Å²) in [6.07, 6.45) is 0.364. The molecule has 0 spiro atoms. The molecule has 1 unspecified atom stereocenters. The van der Waals surface area contributed by atoms with Crippen LogP contribution in [0.1, 0.15) is 25.1 Å². The number of halogens is 2. The highest BCUT2D eigenvalue weighted by Crippen LogP contribution is 2.31. The largest absolute Gasteiger partial charge is 0.384 e. The number of rotatable bonds is 2. The lowest BCUT2D eigenvalue weighted by Gasteiger charge is -2.10. The number of hydrogen-bond donors (Lipinski definition) is 1. The predicted molar refractivity (Wildman–Crippen MR) is 58.5 cm³/mol. The fourth-order valence-electron chi connectivity index (χ4n) is 1.88. The van der Waals surface area contributed by atoms with Crippen molar-refractivity contribution in [1.82, 2.24) is 9.78 Å². The normalized spacial score (nSPS) is 24.1. The molecular weight excluding hydrogens is 252 g/mol. The smallest absolute Gasteiger partial charge is 0.288 e. The Labute approximate surface area is 97.5 Å². The predicted octanol–water partition coefficient (Wildman–Crippen LogP) is 0.937. The number of nitrogen functional groups attached to an aromatic ring is 1. The average molecular weight is 265 g/mol. The van der Waals surface area contributed by atoms with Crippen LogP contribution in [0.5, 0.6) is 0 Å². The lowest BCUT2D eigenvalue weighted by molar-refractivity contribution is 0.0119. The highest BCUT2D eigenvalue weighted by atomic mass is 32.2. The van der Waals surface area contributed by atoms with Gasteiger partial charge in [0, 0.05) is 13.0 Å². The molecule has 96 valence electrons. The Hall–Kier alpha value is -1.18. The average Bonchev–Trinajstić information content (AvgIpc) is 2.68. The molecule has 1 aromatic rings. The van der Waals surface area contributed by atoms with Gasteiger partial charge in [0.2, 0.25) is 0 Å². The summed E-state index contributed by atoms with van der Waals surface area (Å²) in [4.78, 5) is 0. The van der Waals surface area contributed by atoms with Gasteiger partial charge in [-0.2, -0.15) is 13.9 Å². The fraction of sp³-hybridized carbons (Fsp3) is 0.667. The first kappa shape index (κ1) is 12.3. The van der Waals surface area contributed by atoms with Gasteiger partial charge in [0.05, 0.1) is 17.5 Å².